The maximum Gasteiger partial charge on any atom is 0.312 e. The summed E-state index contributed by atoms with van der Waals surface area (Å²) in [6.07, 6.45) is 0. The van der Waals surface area contributed by atoms with Crippen LogP contribution >= 0.6 is 12.4 Å². The van der Waals surface area contributed by atoms with Gasteiger partial charge in [0, 0.05) is 6.54 Å². The Balaban J connectivity index is 0.00000144. The maximum absolute atomic E-state index is 11.0. The molecule has 0 saturated heterocycles. The molecule has 2 aromatic carbocycles. The Kier molecular flexibility index (Phi) is 4.49. The third-order valence-corrected chi connectivity index (χ3v) is 2.71. The molecular weight excluding hydrogens is 238 g/mol. The fraction of sp³-hybridized carbons (Fsp3) is 0.154. The van der Waals surface area contributed by atoms with E-state index in [1.807, 2.05) is 42.5 Å². The average Bonchev–Trinajstić information content (AvgIpc) is 2.29. The van der Waals surface area contributed by atoms with Gasteiger partial charge in [-0.15, -0.1) is 12.4 Å². The first kappa shape index (κ1) is 13.5. The minimum absolute atomic E-state index is 0. The number of benzene rings is 2. The van der Waals surface area contributed by atoms with Crippen LogP contribution in [0, 0.1) is 0 Å². The molecule has 2 rings (SSSR count). The van der Waals surface area contributed by atoms with Crippen molar-refractivity contribution in [1.29, 1.82) is 0 Å². The fourth-order valence-electron chi connectivity index (χ4n) is 1.80. The third kappa shape index (κ3) is 2.75. The molecule has 2 aromatic rings. The van der Waals surface area contributed by atoms with Gasteiger partial charge < -0.3 is 10.8 Å². The number of carboxylic acids is 1. The monoisotopic (exact) mass is 251 g/mol. The van der Waals surface area contributed by atoms with Gasteiger partial charge in [-0.25, -0.2) is 0 Å². The van der Waals surface area contributed by atoms with E-state index in [-0.39, 0.29) is 19.0 Å². The zero-order chi connectivity index (χ0) is 11.5. The molecule has 0 spiro atoms. The number of nitrogens with two attached hydrogens (primary N) is 1. The summed E-state index contributed by atoms with van der Waals surface area (Å²) in [7, 11) is 0. The zero-order valence-electron chi connectivity index (χ0n) is 9.17. The van der Waals surface area contributed by atoms with E-state index in [4.69, 9.17) is 10.8 Å². The van der Waals surface area contributed by atoms with Crippen molar-refractivity contribution in [1.82, 2.24) is 0 Å². The summed E-state index contributed by atoms with van der Waals surface area (Å²) in [5.41, 5.74) is 6.23. The summed E-state index contributed by atoms with van der Waals surface area (Å²) >= 11 is 0. The maximum atomic E-state index is 11.0. The van der Waals surface area contributed by atoms with Gasteiger partial charge in [0.25, 0.3) is 0 Å². The Hall–Kier alpha value is -1.58. The SMILES string of the molecule is Cl.NCC(C(=O)O)c1ccc2ccccc2c1. The summed E-state index contributed by atoms with van der Waals surface area (Å²) in [5, 5.41) is 11.2. The van der Waals surface area contributed by atoms with E-state index in [9.17, 15) is 4.79 Å². The molecule has 0 aromatic heterocycles. The van der Waals surface area contributed by atoms with Gasteiger partial charge in [0.2, 0.25) is 0 Å². The van der Waals surface area contributed by atoms with Gasteiger partial charge in [0.1, 0.15) is 0 Å². The molecule has 1 unspecified atom stereocenters. The quantitative estimate of drug-likeness (QED) is 0.880. The highest BCUT2D eigenvalue weighted by Crippen LogP contribution is 2.21. The van der Waals surface area contributed by atoms with E-state index in [2.05, 4.69) is 0 Å². The van der Waals surface area contributed by atoms with Crippen molar-refractivity contribution in [2.75, 3.05) is 6.54 Å². The predicted molar refractivity (Wildman–Crippen MR) is 70.6 cm³/mol. The highest BCUT2D eigenvalue weighted by atomic mass is 35.5. The molecule has 0 aliphatic heterocycles. The molecule has 3 nitrogen and oxygen atoms in total. The second-order valence-electron chi connectivity index (χ2n) is 3.73. The average molecular weight is 252 g/mol. The van der Waals surface area contributed by atoms with E-state index in [1.165, 1.54) is 0 Å². The molecule has 0 aliphatic rings. The Labute approximate surface area is 106 Å². The van der Waals surface area contributed by atoms with Crippen molar-refractivity contribution < 1.29 is 9.90 Å². The molecule has 3 N–H and O–H groups in total. The van der Waals surface area contributed by atoms with Crippen molar-refractivity contribution in [3.8, 4) is 0 Å². The lowest BCUT2D eigenvalue weighted by Crippen LogP contribution is -2.20. The van der Waals surface area contributed by atoms with Crippen LogP contribution in [0.15, 0.2) is 42.5 Å². The molecule has 0 heterocycles. The number of fused-ring (bicyclic) bond motifs is 1. The summed E-state index contributed by atoms with van der Waals surface area (Å²) in [6, 6.07) is 13.5. The molecule has 0 fully saturated rings. The molecule has 0 radical (unpaired) electrons. The van der Waals surface area contributed by atoms with Gasteiger partial charge in [-0.05, 0) is 16.3 Å². The smallest absolute Gasteiger partial charge is 0.312 e. The molecule has 0 bridgehead atoms. The first-order chi connectivity index (χ1) is 7.72. The summed E-state index contributed by atoms with van der Waals surface area (Å²) in [6.45, 7) is 0.119. The van der Waals surface area contributed by atoms with Gasteiger partial charge >= 0.3 is 5.97 Å². The number of halogens is 1. The molecule has 90 valence electrons. The topological polar surface area (TPSA) is 63.3 Å². The number of rotatable bonds is 3. The van der Waals surface area contributed by atoms with Gasteiger partial charge in [0.15, 0.2) is 0 Å². The lowest BCUT2D eigenvalue weighted by Gasteiger charge is -2.10. The zero-order valence-corrected chi connectivity index (χ0v) is 9.98. The van der Waals surface area contributed by atoms with Crippen LogP contribution in [0.25, 0.3) is 10.8 Å². The number of carbonyl (C=O) groups is 1. The largest absolute Gasteiger partial charge is 0.481 e. The van der Waals surface area contributed by atoms with Crippen molar-refractivity contribution >= 4 is 29.1 Å². The van der Waals surface area contributed by atoms with Crippen molar-refractivity contribution in [2.24, 2.45) is 5.73 Å². The fourth-order valence-corrected chi connectivity index (χ4v) is 1.80. The van der Waals surface area contributed by atoms with Crippen LogP contribution in [0.2, 0.25) is 0 Å². The van der Waals surface area contributed by atoms with E-state index in [0.717, 1.165) is 16.3 Å². The van der Waals surface area contributed by atoms with Crippen LogP contribution in [-0.4, -0.2) is 17.6 Å². The number of aliphatic carboxylic acids is 1. The van der Waals surface area contributed by atoms with Gasteiger partial charge in [0.05, 0.1) is 5.92 Å². The van der Waals surface area contributed by atoms with Crippen LogP contribution in [0.4, 0.5) is 0 Å². The van der Waals surface area contributed by atoms with Gasteiger partial charge in [-0.2, -0.15) is 0 Å². The predicted octanol–water partition coefficient (Wildman–Crippen LogP) is 2.39. The van der Waals surface area contributed by atoms with Crippen molar-refractivity contribution in [3.63, 3.8) is 0 Å². The lowest BCUT2D eigenvalue weighted by atomic mass is 9.96. The molecular formula is C13H14ClNO2. The number of hydrogen-bond acceptors (Lipinski definition) is 2. The number of hydrogen-bond donors (Lipinski definition) is 2. The summed E-state index contributed by atoms with van der Waals surface area (Å²) in [5.74, 6) is -1.50. The minimum atomic E-state index is -0.877. The Morgan fingerprint density at radius 2 is 1.82 bits per heavy atom. The Morgan fingerprint density at radius 3 is 2.41 bits per heavy atom. The van der Waals surface area contributed by atoms with Crippen LogP contribution in [-0.2, 0) is 4.79 Å². The van der Waals surface area contributed by atoms with Crippen LogP contribution in [0.1, 0.15) is 11.5 Å². The third-order valence-electron chi connectivity index (χ3n) is 2.71. The highest BCUT2D eigenvalue weighted by Gasteiger charge is 2.17. The van der Waals surface area contributed by atoms with Crippen LogP contribution in [0.5, 0.6) is 0 Å². The van der Waals surface area contributed by atoms with Crippen LogP contribution in [0.3, 0.4) is 0 Å². The molecule has 4 heteroatoms. The lowest BCUT2D eigenvalue weighted by molar-refractivity contribution is -0.138. The van der Waals surface area contributed by atoms with E-state index >= 15 is 0 Å². The van der Waals surface area contributed by atoms with E-state index in [0.29, 0.717) is 0 Å². The first-order valence-corrected chi connectivity index (χ1v) is 5.14. The van der Waals surface area contributed by atoms with Crippen molar-refractivity contribution in [2.45, 2.75) is 5.92 Å². The van der Waals surface area contributed by atoms with E-state index < -0.39 is 11.9 Å². The van der Waals surface area contributed by atoms with Gasteiger partial charge in [-0.1, -0.05) is 42.5 Å². The van der Waals surface area contributed by atoms with Crippen molar-refractivity contribution in [3.05, 3.63) is 48.0 Å². The normalized spacial score (nSPS) is 11.8. The summed E-state index contributed by atoms with van der Waals surface area (Å²) in [4.78, 5) is 11.0. The first-order valence-electron chi connectivity index (χ1n) is 5.14. The Morgan fingerprint density at radius 1 is 1.18 bits per heavy atom. The molecule has 0 saturated carbocycles. The highest BCUT2D eigenvalue weighted by molar-refractivity contribution is 5.86. The number of carboxylic acid groups (broad SMARTS) is 1. The standard InChI is InChI=1S/C13H13NO2.ClH/c14-8-12(13(15)16)11-6-5-9-3-1-2-4-10(9)7-11;/h1-7,12H,8,14H2,(H,15,16);1H. The van der Waals surface area contributed by atoms with Gasteiger partial charge in [-0.3, -0.25) is 4.79 Å². The second kappa shape index (κ2) is 5.66. The molecule has 1 atom stereocenters. The second-order valence-corrected chi connectivity index (χ2v) is 3.73. The Bertz CT molecular complexity index is 528. The van der Waals surface area contributed by atoms with Crippen LogP contribution < -0.4 is 5.73 Å². The molecule has 0 amide bonds. The molecule has 0 aliphatic carbocycles. The summed E-state index contributed by atoms with van der Waals surface area (Å²) < 4.78 is 0. The van der Waals surface area contributed by atoms with E-state index in [1.54, 1.807) is 0 Å². The molecule has 17 heavy (non-hydrogen) atoms. The minimum Gasteiger partial charge on any atom is -0.481 e.